The summed E-state index contributed by atoms with van der Waals surface area (Å²) in [4.78, 5) is 13.9. The molecule has 6 rings (SSSR count). The molecule has 2 aromatic heterocycles. The second-order valence-corrected chi connectivity index (χ2v) is 15.7. The molecular formula is C37H34N5O5PS. The average Bonchev–Trinajstić information content (AvgIpc) is 3.54. The zero-order chi connectivity index (χ0) is 34.4. The molecule has 0 saturated heterocycles. The molecule has 0 aliphatic carbocycles. The van der Waals surface area contributed by atoms with Gasteiger partial charge in [-0.15, -0.1) is 12.3 Å². The van der Waals surface area contributed by atoms with Crippen LogP contribution in [0.5, 0.6) is 17.2 Å². The van der Waals surface area contributed by atoms with Gasteiger partial charge in [-0.3, -0.25) is 4.57 Å². The lowest BCUT2D eigenvalue weighted by atomic mass is 10.3. The topological polar surface area (TPSA) is 118 Å². The highest BCUT2D eigenvalue weighted by atomic mass is 32.2. The van der Waals surface area contributed by atoms with Crippen LogP contribution in [-0.2, 0) is 16.4 Å². The van der Waals surface area contributed by atoms with Gasteiger partial charge in [-0.1, -0.05) is 91.0 Å². The number of rotatable bonds is 12. The van der Waals surface area contributed by atoms with Gasteiger partial charge < -0.3 is 14.2 Å². The summed E-state index contributed by atoms with van der Waals surface area (Å²) in [7, 11) is -2.77. The molecule has 0 fully saturated rings. The second kappa shape index (κ2) is 14.4. The van der Waals surface area contributed by atoms with Crippen LogP contribution < -0.4 is 30.1 Å². The number of hydrogen-bond donors (Lipinski definition) is 0. The number of aryl methyl sites for hydroxylation is 1. The van der Waals surface area contributed by atoms with Crippen LogP contribution >= 0.6 is 7.05 Å². The maximum Gasteiger partial charge on any atom is 0.240 e. The van der Waals surface area contributed by atoms with Gasteiger partial charge >= 0.3 is 0 Å². The summed E-state index contributed by atoms with van der Waals surface area (Å²) in [6.45, 7) is 0.243. The fraction of sp³-hybridized carbons (Fsp3) is 0.162. The molecule has 0 aliphatic rings. The Hall–Kier alpha value is -5.43. The lowest BCUT2D eigenvalue weighted by Gasteiger charge is -2.26. The van der Waals surface area contributed by atoms with Crippen LogP contribution in [0.25, 0.3) is 11.2 Å². The summed E-state index contributed by atoms with van der Waals surface area (Å²) in [5, 5.41) is 2.77. The van der Waals surface area contributed by atoms with Crippen molar-refractivity contribution in [1.29, 1.82) is 0 Å². The van der Waals surface area contributed by atoms with Crippen molar-refractivity contribution in [3.8, 4) is 29.6 Å². The predicted molar refractivity (Wildman–Crippen MR) is 192 cm³/mol. The largest absolute Gasteiger partial charge is 0.493 e. The summed E-state index contributed by atoms with van der Waals surface area (Å²) in [6, 6.07) is 33.0. The number of unbranched alkanes of at least 4 members (excludes halogenated alkanes) is 1. The highest BCUT2D eigenvalue weighted by molar-refractivity contribution is 7.91. The van der Waals surface area contributed by atoms with Crippen molar-refractivity contribution in [3.05, 3.63) is 109 Å². The van der Waals surface area contributed by atoms with Gasteiger partial charge in [0.25, 0.3) is 0 Å². The molecule has 4 aromatic carbocycles. The molecule has 49 heavy (non-hydrogen) atoms. The molecular weight excluding hydrogens is 657 g/mol. The number of ether oxygens (including phenoxy) is 3. The fourth-order valence-corrected chi connectivity index (χ4v) is 10.6. The number of imidazole rings is 1. The number of aromatic nitrogens is 4. The van der Waals surface area contributed by atoms with Crippen LogP contribution in [0.4, 0.5) is 5.82 Å². The van der Waals surface area contributed by atoms with Crippen molar-refractivity contribution < 1.29 is 22.6 Å². The predicted octanol–water partition coefficient (Wildman–Crippen LogP) is 5.91. The smallest absolute Gasteiger partial charge is 0.240 e. The maximum absolute atomic E-state index is 14.5. The van der Waals surface area contributed by atoms with Gasteiger partial charge in [0, 0.05) is 41.0 Å². The molecule has 10 nitrogen and oxygen atoms in total. The van der Waals surface area contributed by atoms with Gasteiger partial charge in [0.1, 0.15) is 6.33 Å². The molecule has 0 aliphatic heterocycles. The standard InChI is InChI=1S/C37H34N5O5PS/c1-5-6-16-23-42-36-33(40-37(42)49(43,44)30-24-31(45-2)34(47-4)32(25-30)46-3)35(38-26-39-36)41-48(27-17-10-7-11-18-27,28-19-12-8-13-20-28)29-21-14-9-15-22-29/h1,7-15,17-22,24-26H,6,16,23H2,2-4H3. The highest BCUT2D eigenvalue weighted by Crippen LogP contribution is 2.50. The van der Waals surface area contributed by atoms with Gasteiger partial charge in [-0.25, -0.2) is 28.1 Å². The van der Waals surface area contributed by atoms with E-state index in [0.29, 0.717) is 18.5 Å². The zero-order valence-electron chi connectivity index (χ0n) is 27.2. The van der Waals surface area contributed by atoms with E-state index in [1.807, 2.05) is 54.6 Å². The molecule has 6 aromatic rings. The van der Waals surface area contributed by atoms with Crippen LogP contribution in [0, 0.1) is 12.3 Å². The molecule has 0 unspecified atom stereocenters. The van der Waals surface area contributed by atoms with Crippen molar-refractivity contribution in [2.45, 2.75) is 29.4 Å². The molecule has 0 N–H and O–H groups in total. The highest BCUT2D eigenvalue weighted by Gasteiger charge is 2.32. The van der Waals surface area contributed by atoms with E-state index in [2.05, 4.69) is 52.3 Å². The van der Waals surface area contributed by atoms with Gasteiger partial charge in [-0.2, -0.15) is 0 Å². The number of terminal acetylenes is 1. The Bertz CT molecular complexity index is 2180. The first-order valence-electron chi connectivity index (χ1n) is 15.4. The number of sulfone groups is 1. The zero-order valence-corrected chi connectivity index (χ0v) is 28.9. The first-order valence-corrected chi connectivity index (χ1v) is 18.6. The van der Waals surface area contributed by atoms with Crippen LogP contribution in [0.15, 0.2) is 124 Å². The molecule has 248 valence electrons. The van der Waals surface area contributed by atoms with Gasteiger partial charge in [-0.05, 0) is 6.42 Å². The van der Waals surface area contributed by atoms with Crippen LogP contribution in [0.2, 0.25) is 0 Å². The lowest BCUT2D eigenvalue weighted by molar-refractivity contribution is 0.323. The van der Waals surface area contributed by atoms with Gasteiger partial charge in [0.05, 0.1) is 33.3 Å². The van der Waals surface area contributed by atoms with E-state index < -0.39 is 16.9 Å². The maximum atomic E-state index is 14.5. The van der Waals surface area contributed by atoms with Gasteiger partial charge in [0.15, 0.2) is 28.5 Å². The molecule has 0 atom stereocenters. The summed E-state index contributed by atoms with van der Waals surface area (Å²) >= 11 is 0. The van der Waals surface area contributed by atoms with E-state index in [1.165, 1.54) is 39.8 Å². The third-order valence-corrected chi connectivity index (χ3v) is 13.3. The van der Waals surface area contributed by atoms with Crippen LogP contribution in [-0.4, -0.2) is 49.3 Å². The monoisotopic (exact) mass is 691 g/mol. The Morgan fingerprint density at radius 1 is 0.796 bits per heavy atom. The fourth-order valence-electron chi connectivity index (χ4n) is 5.74. The summed E-state index contributed by atoms with van der Waals surface area (Å²) in [6.07, 6.45) is 7.89. The van der Waals surface area contributed by atoms with E-state index in [1.54, 1.807) is 4.57 Å². The molecule has 0 radical (unpaired) electrons. The number of methoxy groups -OCH3 is 3. The van der Waals surface area contributed by atoms with E-state index in [4.69, 9.17) is 30.4 Å². The Labute approximate surface area is 285 Å². The Kier molecular flexibility index (Phi) is 9.81. The van der Waals surface area contributed by atoms with Crippen LogP contribution in [0.3, 0.4) is 0 Å². The second-order valence-electron chi connectivity index (χ2n) is 10.8. The Balaban J connectivity index is 1.68. The number of nitrogens with zero attached hydrogens (tertiary/aromatic N) is 5. The molecule has 0 saturated carbocycles. The first kappa shape index (κ1) is 33.5. The van der Waals surface area contributed by atoms with Crippen molar-refractivity contribution in [3.63, 3.8) is 0 Å². The van der Waals surface area contributed by atoms with Crippen molar-refractivity contribution in [2.75, 3.05) is 21.3 Å². The van der Waals surface area contributed by atoms with E-state index in [9.17, 15) is 8.42 Å². The van der Waals surface area contributed by atoms with E-state index in [-0.39, 0.29) is 45.2 Å². The quantitative estimate of drug-likeness (QED) is 0.0884. The van der Waals surface area contributed by atoms with Gasteiger partial charge in [0.2, 0.25) is 20.7 Å². The summed E-state index contributed by atoms with van der Waals surface area (Å²) in [5.41, 5.74) is 0.575. The summed E-state index contributed by atoms with van der Waals surface area (Å²) in [5.74, 6) is 3.54. The SMILES string of the molecule is C#CCCCn1c(S(=O)(=O)c2cc(OC)c(OC)c(OC)c2)nc2c(N=P(c3ccccc3)(c3ccccc3)c3ccccc3)ncnc21. The minimum absolute atomic E-state index is 0.0957. The minimum Gasteiger partial charge on any atom is -0.493 e. The molecule has 12 heteroatoms. The number of benzene rings is 4. The number of hydrogen-bond acceptors (Lipinski definition) is 9. The van der Waals surface area contributed by atoms with E-state index in [0.717, 1.165) is 15.9 Å². The average molecular weight is 692 g/mol. The third-order valence-electron chi connectivity index (χ3n) is 8.00. The normalized spacial score (nSPS) is 11.6. The Morgan fingerprint density at radius 3 is 1.80 bits per heavy atom. The van der Waals surface area contributed by atoms with Crippen LogP contribution in [0.1, 0.15) is 12.8 Å². The minimum atomic E-state index is -4.29. The number of fused-ring (bicyclic) bond motifs is 1. The van der Waals surface area contributed by atoms with Crippen molar-refractivity contribution in [2.24, 2.45) is 4.74 Å². The molecule has 2 heterocycles. The molecule has 0 bridgehead atoms. The first-order chi connectivity index (χ1) is 23.9. The van der Waals surface area contributed by atoms with Crippen molar-refractivity contribution in [1.82, 2.24) is 19.5 Å². The van der Waals surface area contributed by atoms with E-state index >= 15 is 0 Å². The molecule has 0 amide bonds. The van der Waals surface area contributed by atoms with Crippen molar-refractivity contribution >= 4 is 49.8 Å². The summed E-state index contributed by atoms with van der Waals surface area (Å²) < 4.78 is 52.5. The lowest BCUT2D eigenvalue weighted by Crippen LogP contribution is -2.25. The third kappa shape index (κ3) is 6.17. The molecule has 0 spiro atoms. The Morgan fingerprint density at radius 2 is 1.33 bits per heavy atom.